The molecule has 4 heterocycles. The van der Waals surface area contributed by atoms with E-state index in [0.717, 1.165) is 42.8 Å². The van der Waals surface area contributed by atoms with Crippen molar-refractivity contribution in [1.29, 1.82) is 0 Å². The number of pyridine rings is 1. The van der Waals surface area contributed by atoms with E-state index in [4.69, 9.17) is 0 Å². The molecule has 28 heavy (non-hydrogen) atoms. The molecule has 0 aliphatic carbocycles. The minimum atomic E-state index is -0.201. The topological polar surface area (TPSA) is 47.2 Å². The highest BCUT2D eigenvalue weighted by molar-refractivity contribution is 6.10. The van der Waals surface area contributed by atoms with Crippen LogP contribution in [-0.4, -0.2) is 39.6 Å². The van der Waals surface area contributed by atoms with E-state index in [2.05, 4.69) is 9.47 Å². The summed E-state index contributed by atoms with van der Waals surface area (Å²) in [4.78, 5) is 28.4. The molecule has 3 aromatic rings. The maximum atomic E-state index is 13.0. The van der Waals surface area contributed by atoms with Gasteiger partial charge < -0.3 is 9.47 Å². The predicted molar refractivity (Wildman–Crippen MR) is 111 cm³/mol. The molecule has 0 unspecified atom stereocenters. The Labute approximate surface area is 164 Å². The largest absolute Gasteiger partial charge is 0.338 e. The van der Waals surface area contributed by atoms with E-state index >= 15 is 0 Å². The molecule has 5 nitrogen and oxygen atoms in total. The van der Waals surface area contributed by atoms with Crippen LogP contribution in [0.2, 0.25) is 0 Å². The fourth-order valence-corrected chi connectivity index (χ4v) is 4.76. The smallest absolute Gasteiger partial charge is 0.268 e. The van der Waals surface area contributed by atoms with E-state index in [-0.39, 0.29) is 11.3 Å². The molecule has 0 saturated carbocycles. The first-order valence-corrected chi connectivity index (χ1v) is 10.4. The van der Waals surface area contributed by atoms with Crippen LogP contribution >= 0.6 is 0 Å². The molecule has 0 atom stereocenters. The van der Waals surface area contributed by atoms with Crippen molar-refractivity contribution < 1.29 is 4.79 Å². The number of piperidine rings is 1. The number of likely N-dealkylation sites (tertiary alicyclic amines) is 1. The highest BCUT2D eigenvalue weighted by Gasteiger charge is 2.32. The van der Waals surface area contributed by atoms with Crippen LogP contribution < -0.4 is 5.43 Å². The van der Waals surface area contributed by atoms with Crippen LogP contribution in [0.4, 0.5) is 0 Å². The van der Waals surface area contributed by atoms with Crippen LogP contribution in [0.15, 0.2) is 47.4 Å². The number of para-hydroxylation sites is 1. The number of benzene rings is 1. The molecule has 2 aliphatic rings. The molecule has 1 fully saturated rings. The number of unbranched alkanes of at least 4 members (excludes halogenated alkanes) is 1. The molecule has 1 aromatic carbocycles. The highest BCUT2D eigenvalue weighted by atomic mass is 16.2. The van der Waals surface area contributed by atoms with E-state index < -0.39 is 0 Å². The summed E-state index contributed by atoms with van der Waals surface area (Å²) in [6.45, 7) is 4.39. The van der Waals surface area contributed by atoms with Gasteiger partial charge in [-0.15, -0.1) is 0 Å². The average Bonchev–Trinajstić information content (AvgIpc) is 3.31. The van der Waals surface area contributed by atoms with E-state index in [1.54, 1.807) is 10.8 Å². The molecule has 5 rings (SSSR count). The second-order valence-corrected chi connectivity index (χ2v) is 7.90. The number of hydrogen-bond donors (Lipinski definition) is 0. The molecule has 2 aromatic heterocycles. The number of carbonyl (C=O) groups excluding carboxylic acids is 1. The Balaban J connectivity index is 1.50. The van der Waals surface area contributed by atoms with E-state index in [0.29, 0.717) is 10.9 Å². The Morgan fingerprint density at radius 2 is 1.64 bits per heavy atom. The predicted octanol–water partition coefficient (Wildman–Crippen LogP) is 3.74. The monoisotopic (exact) mass is 375 g/mol. The van der Waals surface area contributed by atoms with Gasteiger partial charge in [-0.3, -0.25) is 14.2 Å². The van der Waals surface area contributed by atoms with Gasteiger partial charge in [0.2, 0.25) is 5.43 Å². The number of aryl methyl sites for hydroxylation is 1. The van der Waals surface area contributed by atoms with Gasteiger partial charge in [0.1, 0.15) is 5.56 Å². The molecule has 1 saturated heterocycles. The third-order valence-electron chi connectivity index (χ3n) is 6.15. The Bertz CT molecular complexity index is 1100. The van der Waals surface area contributed by atoms with E-state index in [9.17, 15) is 9.59 Å². The van der Waals surface area contributed by atoms with Crippen molar-refractivity contribution in [1.82, 2.24) is 14.0 Å². The van der Waals surface area contributed by atoms with Gasteiger partial charge in [-0.25, -0.2) is 0 Å². The maximum Gasteiger partial charge on any atom is 0.268 e. The summed E-state index contributed by atoms with van der Waals surface area (Å²) < 4.78 is 3.80. The Hall–Kier alpha value is -2.66. The van der Waals surface area contributed by atoms with Gasteiger partial charge in [-0.2, -0.15) is 0 Å². The summed E-state index contributed by atoms with van der Waals surface area (Å²) in [5.41, 5.74) is 2.72. The zero-order valence-corrected chi connectivity index (χ0v) is 16.1. The van der Waals surface area contributed by atoms with Crippen molar-refractivity contribution in [2.75, 3.05) is 19.6 Å². The SMILES string of the molecule is O=C1c2c(n(CCCCN3CCCCC3)c3ccccc3c2=O)-c2cccn21. The maximum absolute atomic E-state index is 13.0. The van der Waals surface area contributed by atoms with Crippen molar-refractivity contribution in [3.8, 4) is 11.4 Å². The van der Waals surface area contributed by atoms with Gasteiger partial charge in [0, 0.05) is 18.1 Å². The number of nitrogens with zero attached hydrogens (tertiary/aromatic N) is 3. The third-order valence-corrected chi connectivity index (χ3v) is 6.15. The first-order valence-electron chi connectivity index (χ1n) is 10.4. The lowest BCUT2D eigenvalue weighted by molar-refractivity contribution is 0.0968. The van der Waals surface area contributed by atoms with Crippen LogP contribution in [0.5, 0.6) is 0 Å². The summed E-state index contributed by atoms with van der Waals surface area (Å²) in [5.74, 6) is -0.201. The van der Waals surface area contributed by atoms with Gasteiger partial charge in [0.15, 0.2) is 0 Å². The molecule has 5 heteroatoms. The molecular formula is C23H25N3O2. The molecule has 0 N–H and O–H groups in total. The Morgan fingerprint density at radius 1 is 0.857 bits per heavy atom. The second-order valence-electron chi connectivity index (χ2n) is 7.90. The quantitative estimate of drug-likeness (QED) is 0.499. The summed E-state index contributed by atoms with van der Waals surface area (Å²) in [6.07, 6.45) is 7.91. The van der Waals surface area contributed by atoms with E-state index in [1.165, 1.54) is 32.4 Å². The lowest BCUT2D eigenvalue weighted by atomic mass is 10.1. The van der Waals surface area contributed by atoms with Crippen LogP contribution in [0, 0.1) is 0 Å². The first-order chi connectivity index (χ1) is 13.8. The van der Waals surface area contributed by atoms with Crippen LogP contribution in [0.1, 0.15) is 42.5 Å². The normalized spacial score (nSPS) is 16.5. The summed E-state index contributed by atoms with van der Waals surface area (Å²) in [7, 11) is 0. The molecule has 0 radical (unpaired) electrons. The first kappa shape index (κ1) is 17.4. The fourth-order valence-electron chi connectivity index (χ4n) is 4.76. The lowest BCUT2D eigenvalue weighted by Crippen LogP contribution is -2.30. The molecule has 0 bridgehead atoms. The van der Waals surface area contributed by atoms with E-state index in [1.807, 2.05) is 36.4 Å². The van der Waals surface area contributed by atoms with Crippen molar-refractivity contribution in [3.05, 3.63) is 58.4 Å². The summed E-state index contributed by atoms with van der Waals surface area (Å²) in [5, 5.41) is 0.636. The zero-order chi connectivity index (χ0) is 19.1. The third kappa shape index (κ3) is 2.73. The summed E-state index contributed by atoms with van der Waals surface area (Å²) >= 11 is 0. The Kier molecular flexibility index (Phi) is 4.40. The fraction of sp³-hybridized carbons (Fsp3) is 0.391. The highest BCUT2D eigenvalue weighted by Crippen LogP contribution is 2.33. The van der Waals surface area contributed by atoms with Gasteiger partial charge >= 0.3 is 0 Å². The van der Waals surface area contributed by atoms with Crippen molar-refractivity contribution in [2.45, 2.75) is 38.6 Å². The lowest BCUT2D eigenvalue weighted by Gasteiger charge is -2.26. The van der Waals surface area contributed by atoms with Crippen molar-refractivity contribution in [2.24, 2.45) is 0 Å². The molecule has 2 aliphatic heterocycles. The van der Waals surface area contributed by atoms with Gasteiger partial charge in [-0.05, 0) is 69.6 Å². The van der Waals surface area contributed by atoms with Crippen molar-refractivity contribution in [3.63, 3.8) is 0 Å². The second kappa shape index (κ2) is 7.06. The number of rotatable bonds is 5. The van der Waals surface area contributed by atoms with Crippen LogP contribution in [-0.2, 0) is 6.54 Å². The molecule has 144 valence electrons. The van der Waals surface area contributed by atoms with Gasteiger partial charge in [-0.1, -0.05) is 18.6 Å². The standard InChI is InChI=1S/C23H25N3O2/c27-22-17-9-2-3-10-18(17)25(15-7-6-14-24-12-4-1-5-13-24)21-19-11-8-16-26(19)23(28)20(21)22/h2-3,8-11,16H,1,4-7,12-15H2. The number of fused-ring (bicyclic) bond motifs is 4. The molecule has 0 spiro atoms. The average molecular weight is 375 g/mol. The number of hydrogen-bond acceptors (Lipinski definition) is 3. The zero-order valence-electron chi connectivity index (χ0n) is 16.1. The minimum absolute atomic E-state index is 0.149. The van der Waals surface area contributed by atoms with Crippen LogP contribution in [0.3, 0.4) is 0 Å². The summed E-state index contributed by atoms with van der Waals surface area (Å²) in [6, 6.07) is 11.5. The minimum Gasteiger partial charge on any atom is -0.338 e. The van der Waals surface area contributed by atoms with Crippen LogP contribution in [0.25, 0.3) is 22.3 Å². The number of carbonyl (C=O) groups is 1. The van der Waals surface area contributed by atoms with Gasteiger partial charge in [0.05, 0.1) is 16.9 Å². The number of aromatic nitrogens is 2. The van der Waals surface area contributed by atoms with Gasteiger partial charge in [0.25, 0.3) is 5.91 Å². The van der Waals surface area contributed by atoms with Crippen molar-refractivity contribution >= 4 is 16.8 Å². The Morgan fingerprint density at radius 3 is 2.50 bits per heavy atom. The molecular weight excluding hydrogens is 350 g/mol. The molecule has 0 amide bonds.